The van der Waals surface area contributed by atoms with Gasteiger partial charge in [0.05, 0.1) is 6.26 Å². The van der Waals surface area contributed by atoms with Gasteiger partial charge in [-0.25, -0.2) is 4.79 Å². The average Bonchev–Trinajstić information content (AvgIpc) is 3.28. The van der Waals surface area contributed by atoms with E-state index < -0.39 is 23.8 Å². The normalized spacial score (nSPS) is 12.1. The number of hydrogen-bond acceptors (Lipinski definition) is 4. The highest BCUT2D eigenvalue weighted by Gasteiger charge is 2.24. The first-order valence-electron chi connectivity index (χ1n) is 9.32. The lowest BCUT2D eigenvalue weighted by Gasteiger charge is -2.16. The van der Waals surface area contributed by atoms with E-state index in [4.69, 9.17) is 4.42 Å². The van der Waals surface area contributed by atoms with Gasteiger partial charge in [0.1, 0.15) is 11.7 Å². The second kappa shape index (κ2) is 10.4. The van der Waals surface area contributed by atoms with Gasteiger partial charge in [-0.2, -0.15) is 0 Å². The van der Waals surface area contributed by atoms with Crippen molar-refractivity contribution < 1.29 is 23.9 Å². The summed E-state index contributed by atoms with van der Waals surface area (Å²) in [6, 6.07) is 17.9. The highest BCUT2D eigenvalue weighted by molar-refractivity contribution is 9.10. The molecule has 0 bridgehead atoms. The summed E-state index contributed by atoms with van der Waals surface area (Å²) in [4.78, 5) is 37.1. The van der Waals surface area contributed by atoms with Crippen LogP contribution in [0.25, 0.3) is 6.08 Å². The monoisotopic (exact) mass is 482 g/mol. The third kappa shape index (κ3) is 6.42. The molecule has 2 amide bonds. The van der Waals surface area contributed by atoms with Crippen molar-refractivity contribution >= 4 is 39.8 Å². The SMILES string of the molecule is O=C(NC(Cc1ccccc1)C(=O)O)/C(=C/c1cccc(Br)c1)NC(=O)c1ccco1. The smallest absolute Gasteiger partial charge is 0.326 e. The molecule has 8 heteroatoms. The molecule has 3 N–H and O–H groups in total. The Bertz CT molecular complexity index is 1090. The van der Waals surface area contributed by atoms with E-state index in [1.165, 1.54) is 18.4 Å². The summed E-state index contributed by atoms with van der Waals surface area (Å²) in [6.07, 6.45) is 2.90. The van der Waals surface area contributed by atoms with Gasteiger partial charge in [0.2, 0.25) is 0 Å². The Labute approximate surface area is 186 Å². The van der Waals surface area contributed by atoms with E-state index in [9.17, 15) is 19.5 Å². The van der Waals surface area contributed by atoms with E-state index in [1.807, 2.05) is 12.1 Å². The fourth-order valence-corrected chi connectivity index (χ4v) is 3.22. The van der Waals surface area contributed by atoms with Crippen LogP contribution in [0.4, 0.5) is 0 Å². The molecule has 0 fully saturated rings. The predicted molar refractivity (Wildman–Crippen MR) is 118 cm³/mol. The molecule has 158 valence electrons. The van der Waals surface area contributed by atoms with Crippen LogP contribution in [-0.4, -0.2) is 28.9 Å². The van der Waals surface area contributed by atoms with Gasteiger partial charge in [-0.1, -0.05) is 58.4 Å². The second-order valence-electron chi connectivity index (χ2n) is 6.60. The van der Waals surface area contributed by atoms with E-state index in [0.29, 0.717) is 5.56 Å². The maximum absolute atomic E-state index is 12.9. The number of rotatable bonds is 8. The van der Waals surface area contributed by atoms with E-state index in [2.05, 4.69) is 26.6 Å². The van der Waals surface area contributed by atoms with Crippen molar-refractivity contribution in [2.75, 3.05) is 0 Å². The molecular formula is C23H19BrN2O5. The standard InChI is InChI=1S/C23H19BrN2O5/c24-17-9-4-8-16(12-17)14-18(25-22(28)20-10-5-11-31-20)21(27)26-19(23(29)30)13-15-6-2-1-3-7-15/h1-12,14,19H,13H2,(H,25,28)(H,26,27)(H,29,30)/b18-14-. The average molecular weight is 483 g/mol. The van der Waals surface area contributed by atoms with Crippen molar-refractivity contribution in [3.05, 3.63) is 100 Å². The minimum atomic E-state index is -1.18. The lowest BCUT2D eigenvalue weighted by Crippen LogP contribution is -2.45. The zero-order valence-electron chi connectivity index (χ0n) is 16.2. The molecule has 3 aromatic rings. The number of hydrogen-bond donors (Lipinski definition) is 3. The Kier molecular flexibility index (Phi) is 7.40. The van der Waals surface area contributed by atoms with Gasteiger partial charge in [-0.3, -0.25) is 9.59 Å². The number of amides is 2. The van der Waals surface area contributed by atoms with Crippen LogP contribution in [-0.2, 0) is 16.0 Å². The Balaban J connectivity index is 1.85. The number of benzene rings is 2. The van der Waals surface area contributed by atoms with Crippen LogP contribution in [0.3, 0.4) is 0 Å². The van der Waals surface area contributed by atoms with Crippen molar-refractivity contribution in [3.63, 3.8) is 0 Å². The van der Waals surface area contributed by atoms with Crippen molar-refractivity contribution in [1.82, 2.24) is 10.6 Å². The number of carboxylic acid groups (broad SMARTS) is 1. The molecule has 0 aliphatic rings. The summed E-state index contributed by atoms with van der Waals surface area (Å²) in [5, 5.41) is 14.6. The third-order valence-corrected chi connectivity index (χ3v) is 4.78. The van der Waals surface area contributed by atoms with Gasteiger partial charge in [0.25, 0.3) is 11.8 Å². The lowest BCUT2D eigenvalue weighted by molar-refractivity contribution is -0.141. The van der Waals surface area contributed by atoms with Crippen LogP contribution in [0, 0.1) is 0 Å². The molecule has 2 aromatic carbocycles. The van der Waals surface area contributed by atoms with Crippen molar-refractivity contribution in [3.8, 4) is 0 Å². The van der Waals surface area contributed by atoms with E-state index >= 15 is 0 Å². The zero-order chi connectivity index (χ0) is 22.2. The second-order valence-corrected chi connectivity index (χ2v) is 7.51. The summed E-state index contributed by atoms with van der Waals surface area (Å²) in [7, 11) is 0. The van der Waals surface area contributed by atoms with Crippen LogP contribution in [0.15, 0.2) is 87.6 Å². The molecule has 3 rings (SSSR count). The molecule has 1 heterocycles. The van der Waals surface area contributed by atoms with Gasteiger partial charge in [-0.05, 0) is 41.5 Å². The minimum absolute atomic E-state index is 0.0204. The molecule has 7 nitrogen and oxygen atoms in total. The molecule has 0 radical (unpaired) electrons. The third-order valence-electron chi connectivity index (χ3n) is 4.28. The molecule has 1 atom stereocenters. The van der Waals surface area contributed by atoms with Gasteiger partial charge in [0.15, 0.2) is 5.76 Å². The first kappa shape index (κ1) is 22.0. The Morgan fingerprint density at radius 3 is 2.45 bits per heavy atom. The number of carbonyl (C=O) groups excluding carboxylic acids is 2. The molecule has 0 aliphatic heterocycles. The maximum Gasteiger partial charge on any atom is 0.326 e. The van der Waals surface area contributed by atoms with Gasteiger partial charge >= 0.3 is 5.97 Å². The lowest BCUT2D eigenvalue weighted by atomic mass is 10.1. The van der Waals surface area contributed by atoms with Gasteiger partial charge in [-0.15, -0.1) is 0 Å². The number of carboxylic acids is 1. The molecule has 0 saturated carbocycles. The highest BCUT2D eigenvalue weighted by Crippen LogP contribution is 2.15. The molecule has 1 unspecified atom stereocenters. The first-order chi connectivity index (χ1) is 14.9. The molecular weight excluding hydrogens is 464 g/mol. The van der Waals surface area contributed by atoms with Crippen molar-refractivity contribution in [2.24, 2.45) is 0 Å². The largest absolute Gasteiger partial charge is 0.480 e. The van der Waals surface area contributed by atoms with Crippen LogP contribution >= 0.6 is 15.9 Å². The molecule has 31 heavy (non-hydrogen) atoms. The van der Waals surface area contributed by atoms with Crippen LogP contribution < -0.4 is 10.6 Å². The van der Waals surface area contributed by atoms with Crippen LogP contribution in [0.5, 0.6) is 0 Å². The summed E-state index contributed by atoms with van der Waals surface area (Å²) >= 11 is 3.36. The number of carbonyl (C=O) groups is 3. The van der Waals surface area contributed by atoms with Crippen molar-refractivity contribution in [1.29, 1.82) is 0 Å². The predicted octanol–water partition coefficient (Wildman–Crippen LogP) is 3.63. The van der Waals surface area contributed by atoms with Crippen molar-refractivity contribution in [2.45, 2.75) is 12.5 Å². The highest BCUT2D eigenvalue weighted by atomic mass is 79.9. The van der Waals surface area contributed by atoms with Gasteiger partial charge in [0, 0.05) is 10.9 Å². The Hall–Kier alpha value is -3.65. The molecule has 0 spiro atoms. The maximum atomic E-state index is 12.9. The summed E-state index contributed by atoms with van der Waals surface area (Å²) in [5.74, 6) is -2.53. The van der Waals surface area contributed by atoms with E-state index in [1.54, 1.807) is 48.5 Å². The van der Waals surface area contributed by atoms with Gasteiger partial charge < -0.3 is 20.2 Å². The fourth-order valence-electron chi connectivity index (χ4n) is 2.80. The minimum Gasteiger partial charge on any atom is -0.480 e. The summed E-state index contributed by atoms with van der Waals surface area (Å²) in [6.45, 7) is 0. The quantitative estimate of drug-likeness (QED) is 0.424. The number of nitrogens with one attached hydrogen (secondary N) is 2. The van der Waals surface area contributed by atoms with E-state index in [-0.39, 0.29) is 17.9 Å². The Morgan fingerprint density at radius 1 is 1.03 bits per heavy atom. The summed E-state index contributed by atoms with van der Waals surface area (Å²) < 4.78 is 5.85. The summed E-state index contributed by atoms with van der Waals surface area (Å²) in [5.41, 5.74) is 1.28. The Morgan fingerprint density at radius 2 is 1.81 bits per heavy atom. The fraction of sp³-hybridized carbons (Fsp3) is 0.0870. The molecule has 0 saturated heterocycles. The number of furan rings is 1. The zero-order valence-corrected chi connectivity index (χ0v) is 17.8. The van der Waals surface area contributed by atoms with Crippen LogP contribution in [0.2, 0.25) is 0 Å². The topological polar surface area (TPSA) is 109 Å². The van der Waals surface area contributed by atoms with E-state index in [0.717, 1.165) is 10.0 Å². The molecule has 1 aromatic heterocycles. The number of aliphatic carboxylic acids is 1. The number of halogens is 1. The molecule has 0 aliphatic carbocycles. The first-order valence-corrected chi connectivity index (χ1v) is 10.1. The van der Waals surface area contributed by atoms with Crippen LogP contribution in [0.1, 0.15) is 21.7 Å².